The van der Waals surface area contributed by atoms with Crippen LogP contribution in [0.2, 0.25) is 10.0 Å². The second-order valence-electron chi connectivity index (χ2n) is 5.17. The molecule has 1 aromatic heterocycles. The molecule has 3 rings (SSSR count). The molecule has 0 bridgehead atoms. The van der Waals surface area contributed by atoms with E-state index in [1.807, 2.05) is 0 Å². The van der Waals surface area contributed by atoms with E-state index < -0.39 is 20.7 Å². The van der Waals surface area contributed by atoms with Crippen molar-refractivity contribution >= 4 is 49.7 Å². The topological polar surface area (TPSA) is 119 Å². The number of terminal acetylenes is 1. The Kier molecular flexibility index (Phi) is 5.17. The first-order chi connectivity index (χ1) is 12.8. The Hall–Kier alpha value is -2.51. The number of anilines is 1. The van der Waals surface area contributed by atoms with Crippen LogP contribution in [0.25, 0.3) is 10.7 Å². The third-order valence-corrected chi connectivity index (χ3v) is 6.06. The molecule has 0 aliphatic carbocycles. The normalized spacial score (nSPS) is 15.3. The van der Waals surface area contributed by atoms with Crippen molar-refractivity contribution in [1.82, 2.24) is 9.97 Å². The van der Waals surface area contributed by atoms with E-state index in [1.54, 1.807) is 0 Å². The van der Waals surface area contributed by atoms with E-state index in [1.165, 1.54) is 24.5 Å². The number of benzene rings is 1. The van der Waals surface area contributed by atoms with Crippen molar-refractivity contribution < 1.29 is 18.3 Å². The van der Waals surface area contributed by atoms with E-state index >= 15 is 0 Å². The van der Waals surface area contributed by atoms with Crippen molar-refractivity contribution in [3.63, 3.8) is 0 Å². The Morgan fingerprint density at radius 1 is 1.26 bits per heavy atom. The Balaban J connectivity index is 2.43. The number of aromatic nitrogens is 2. The maximum absolute atomic E-state index is 13.3. The zero-order valence-electron chi connectivity index (χ0n) is 13.6. The van der Waals surface area contributed by atoms with E-state index in [-0.39, 0.29) is 46.1 Å². The fourth-order valence-corrected chi connectivity index (χ4v) is 4.73. The zero-order chi connectivity index (χ0) is 19.8. The molecule has 0 saturated heterocycles. The van der Waals surface area contributed by atoms with Crippen LogP contribution >= 0.6 is 23.2 Å². The van der Waals surface area contributed by atoms with Gasteiger partial charge in [-0.3, -0.25) is 5.73 Å². The van der Waals surface area contributed by atoms with Gasteiger partial charge in [-0.05, 0) is 12.1 Å². The molecule has 1 aliphatic heterocycles. The van der Waals surface area contributed by atoms with Crippen molar-refractivity contribution in [3.05, 3.63) is 45.8 Å². The van der Waals surface area contributed by atoms with Gasteiger partial charge in [0.1, 0.15) is 23.1 Å². The zero-order valence-corrected chi connectivity index (χ0v) is 15.9. The molecule has 1 aromatic carbocycles. The molecule has 1 aliphatic rings. The SMILES string of the molecule is C#CCN1c2nccnc2C(O)=C(c2c(Cl)ccc(Cl)c2OCN)S1(=O)=O. The summed E-state index contributed by atoms with van der Waals surface area (Å²) in [6.45, 7) is -0.637. The number of hydrogen-bond acceptors (Lipinski definition) is 7. The molecular formula is C16H12Cl2N4O4S. The average Bonchev–Trinajstić information content (AvgIpc) is 2.64. The van der Waals surface area contributed by atoms with Crippen molar-refractivity contribution in [2.75, 3.05) is 17.6 Å². The summed E-state index contributed by atoms with van der Waals surface area (Å²) >= 11 is 12.4. The quantitative estimate of drug-likeness (QED) is 0.568. The minimum atomic E-state index is -4.37. The monoisotopic (exact) mass is 426 g/mol. The predicted octanol–water partition coefficient (Wildman–Crippen LogP) is 2.25. The molecule has 0 amide bonds. The van der Waals surface area contributed by atoms with E-state index in [9.17, 15) is 13.5 Å². The summed E-state index contributed by atoms with van der Waals surface area (Å²) in [5.74, 6) is 1.40. The standard InChI is InChI=1S/C16H12Cl2N4O4S/c1-2-7-22-16-12(20-5-6-21-16)13(23)15(27(22,24)25)11-9(17)3-4-10(18)14(11)26-8-19/h1,3-6,23H,7-8,19H2. The summed E-state index contributed by atoms with van der Waals surface area (Å²) in [6, 6.07) is 2.79. The van der Waals surface area contributed by atoms with Crippen LogP contribution in [0.15, 0.2) is 24.5 Å². The predicted molar refractivity (Wildman–Crippen MR) is 103 cm³/mol. The van der Waals surface area contributed by atoms with Crippen molar-refractivity contribution in [2.24, 2.45) is 5.73 Å². The molecule has 140 valence electrons. The maximum Gasteiger partial charge on any atom is 0.271 e. The van der Waals surface area contributed by atoms with Gasteiger partial charge in [0.15, 0.2) is 11.6 Å². The first kappa shape index (κ1) is 19.3. The summed E-state index contributed by atoms with van der Waals surface area (Å²) < 4.78 is 32.6. The Morgan fingerprint density at radius 2 is 1.93 bits per heavy atom. The fraction of sp³-hybridized carbons (Fsp3) is 0.125. The maximum atomic E-state index is 13.3. The van der Waals surface area contributed by atoms with Crippen molar-refractivity contribution in [3.8, 4) is 18.1 Å². The van der Waals surface area contributed by atoms with Gasteiger partial charge in [0.25, 0.3) is 10.0 Å². The van der Waals surface area contributed by atoms with E-state index in [0.717, 1.165) is 4.31 Å². The molecule has 0 atom stereocenters. The first-order valence-corrected chi connectivity index (χ1v) is 9.56. The van der Waals surface area contributed by atoms with Gasteiger partial charge in [0.05, 0.1) is 22.2 Å². The highest BCUT2D eigenvalue weighted by Gasteiger charge is 2.42. The number of aliphatic hydroxyl groups excluding tert-OH is 1. The number of hydrogen-bond donors (Lipinski definition) is 2. The molecule has 0 spiro atoms. The minimum Gasteiger partial charge on any atom is -0.504 e. The van der Waals surface area contributed by atoms with Gasteiger partial charge < -0.3 is 9.84 Å². The molecule has 0 radical (unpaired) electrons. The second kappa shape index (κ2) is 7.25. The van der Waals surface area contributed by atoms with Gasteiger partial charge in [-0.15, -0.1) is 6.42 Å². The van der Waals surface area contributed by atoms with Crippen LogP contribution in [0, 0.1) is 12.3 Å². The largest absolute Gasteiger partial charge is 0.504 e. The van der Waals surface area contributed by atoms with Crippen molar-refractivity contribution in [2.45, 2.75) is 0 Å². The van der Waals surface area contributed by atoms with Gasteiger partial charge in [-0.25, -0.2) is 22.7 Å². The highest BCUT2D eigenvalue weighted by atomic mass is 35.5. The number of aliphatic hydroxyl groups is 1. The summed E-state index contributed by atoms with van der Waals surface area (Å²) in [5.41, 5.74) is 5.20. The lowest BCUT2D eigenvalue weighted by molar-refractivity contribution is 0.329. The van der Waals surface area contributed by atoms with Crippen LogP contribution in [0.3, 0.4) is 0 Å². The fourth-order valence-electron chi connectivity index (χ4n) is 2.59. The Bertz CT molecular complexity index is 1100. The molecule has 0 saturated carbocycles. The summed E-state index contributed by atoms with van der Waals surface area (Å²) in [4.78, 5) is 7.44. The molecule has 27 heavy (non-hydrogen) atoms. The number of ether oxygens (including phenoxy) is 1. The lowest BCUT2D eigenvalue weighted by Crippen LogP contribution is -2.37. The highest BCUT2D eigenvalue weighted by molar-refractivity contribution is 8.02. The second-order valence-corrected chi connectivity index (χ2v) is 7.78. The number of rotatable bonds is 4. The highest BCUT2D eigenvalue weighted by Crippen LogP contribution is 2.47. The molecule has 2 heterocycles. The van der Waals surface area contributed by atoms with Crippen LogP contribution in [-0.4, -0.2) is 36.8 Å². The van der Waals surface area contributed by atoms with Gasteiger partial charge in [0, 0.05) is 12.4 Å². The summed E-state index contributed by atoms with van der Waals surface area (Å²) in [7, 11) is -4.37. The number of fused-ring (bicyclic) bond motifs is 1. The number of nitrogens with zero attached hydrogens (tertiary/aromatic N) is 3. The van der Waals surface area contributed by atoms with E-state index in [2.05, 4.69) is 15.9 Å². The Labute approximate surface area is 165 Å². The lowest BCUT2D eigenvalue weighted by atomic mass is 10.1. The smallest absolute Gasteiger partial charge is 0.271 e. The van der Waals surface area contributed by atoms with Gasteiger partial charge in [-0.2, -0.15) is 0 Å². The number of nitrogens with two attached hydrogens (primary N) is 1. The minimum absolute atomic E-state index is 0.0269. The molecular weight excluding hydrogens is 415 g/mol. The van der Waals surface area contributed by atoms with E-state index in [0.29, 0.717) is 0 Å². The Morgan fingerprint density at radius 3 is 2.59 bits per heavy atom. The number of sulfonamides is 1. The first-order valence-electron chi connectivity index (χ1n) is 7.36. The molecule has 0 unspecified atom stereocenters. The van der Waals surface area contributed by atoms with Crippen LogP contribution < -0.4 is 14.8 Å². The van der Waals surface area contributed by atoms with E-state index in [4.69, 9.17) is 40.1 Å². The van der Waals surface area contributed by atoms with Crippen molar-refractivity contribution in [1.29, 1.82) is 0 Å². The third kappa shape index (κ3) is 3.07. The molecule has 0 fully saturated rings. The molecule has 3 N–H and O–H groups in total. The van der Waals surface area contributed by atoms with Crippen LogP contribution in [0.1, 0.15) is 11.3 Å². The molecule has 8 nitrogen and oxygen atoms in total. The third-order valence-electron chi connectivity index (χ3n) is 3.65. The van der Waals surface area contributed by atoms with Gasteiger partial charge in [0.2, 0.25) is 0 Å². The average molecular weight is 427 g/mol. The molecule has 2 aromatic rings. The van der Waals surface area contributed by atoms with Crippen LogP contribution in [0.4, 0.5) is 5.82 Å². The van der Waals surface area contributed by atoms with Crippen LogP contribution in [0.5, 0.6) is 5.75 Å². The summed E-state index contributed by atoms with van der Waals surface area (Å²) in [5, 5.41) is 10.8. The van der Waals surface area contributed by atoms with Crippen LogP contribution in [-0.2, 0) is 10.0 Å². The van der Waals surface area contributed by atoms with Gasteiger partial charge >= 0.3 is 0 Å². The molecule has 11 heteroatoms. The number of halogens is 2. The summed E-state index contributed by atoms with van der Waals surface area (Å²) in [6.07, 6.45) is 7.90. The lowest BCUT2D eigenvalue weighted by Gasteiger charge is -2.29. The van der Waals surface area contributed by atoms with Gasteiger partial charge in [-0.1, -0.05) is 29.1 Å².